The summed E-state index contributed by atoms with van der Waals surface area (Å²) in [5, 5.41) is 2.72. The highest BCUT2D eigenvalue weighted by Gasteiger charge is 2.34. The van der Waals surface area contributed by atoms with E-state index in [1.807, 2.05) is 11.8 Å². The summed E-state index contributed by atoms with van der Waals surface area (Å²) in [5.41, 5.74) is 6.77. The minimum atomic E-state index is -0.204. The molecule has 6 nitrogen and oxygen atoms in total. The zero-order valence-corrected chi connectivity index (χ0v) is 13.2. The van der Waals surface area contributed by atoms with Gasteiger partial charge < -0.3 is 20.7 Å². The molecule has 22 heavy (non-hydrogen) atoms. The predicted molar refractivity (Wildman–Crippen MR) is 85.5 cm³/mol. The van der Waals surface area contributed by atoms with Crippen molar-refractivity contribution < 1.29 is 14.3 Å². The van der Waals surface area contributed by atoms with E-state index in [2.05, 4.69) is 5.32 Å². The highest BCUT2D eigenvalue weighted by molar-refractivity contribution is 6.03. The van der Waals surface area contributed by atoms with Gasteiger partial charge in [0.2, 0.25) is 0 Å². The second-order valence-corrected chi connectivity index (χ2v) is 5.66. The van der Waals surface area contributed by atoms with Crippen molar-refractivity contribution in [2.75, 3.05) is 25.0 Å². The number of para-hydroxylation sites is 1. The van der Waals surface area contributed by atoms with Crippen LogP contribution in [0.2, 0.25) is 0 Å². The molecule has 0 bridgehead atoms. The fourth-order valence-electron chi connectivity index (χ4n) is 3.03. The molecular formula is C15H20ClN3O3. The maximum Gasteiger partial charge on any atom is 0.262 e. The van der Waals surface area contributed by atoms with E-state index in [0.717, 1.165) is 6.42 Å². The van der Waals surface area contributed by atoms with Crippen molar-refractivity contribution >= 4 is 29.9 Å². The Balaban J connectivity index is 0.00000176. The van der Waals surface area contributed by atoms with Gasteiger partial charge in [0.1, 0.15) is 0 Å². The molecule has 0 saturated carbocycles. The number of carbonyl (C=O) groups excluding carboxylic acids is 2. The number of amides is 2. The predicted octanol–water partition coefficient (Wildman–Crippen LogP) is 1.25. The standard InChI is InChI=1S/C15H19N3O3.ClH/c1-9-5-10(6-16)7-18(9)15(20)11-3-2-4-12-14(11)21-8-13(19)17-12;/h2-4,9-10H,5-8,16H2,1H3,(H,17,19);1H. The smallest absolute Gasteiger partial charge is 0.262 e. The molecule has 0 spiro atoms. The molecular weight excluding hydrogens is 306 g/mol. The summed E-state index contributed by atoms with van der Waals surface area (Å²) in [6.07, 6.45) is 0.925. The van der Waals surface area contributed by atoms with Crippen molar-refractivity contribution in [3.05, 3.63) is 23.8 Å². The maximum absolute atomic E-state index is 12.8. The quantitative estimate of drug-likeness (QED) is 0.857. The van der Waals surface area contributed by atoms with Gasteiger partial charge in [-0.15, -0.1) is 12.4 Å². The van der Waals surface area contributed by atoms with Crippen LogP contribution in [0.3, 0.4) is 0 Å². The van der Waals surface area contributed by atoms with Crippen molar-refractivity contribution in [1.29, 1.82) is 0 Å². The Morgan fingerprint density at radius 2 is 2.27 bits per heavy atom. The highest BCUT2D eigenvalue weighted by Crippen LogP contribution is 2.34. The Morgan fingerprint density at radius 3 is 2.95 bits per heavy atom. The maximum atomic E-state index is 12.8. The van der Waals surface area contributed by atoms with E-state index in [4.69, 9.17) is 10.5 Å². The van der Waals surface area contributed by atoms with Crippen molar-refractivity contribution in [2.24, 2.45) is 11.7 Å². The SMILES string of the molecule is CC1CC(CN)CN1C(=O)c1cccc2c1OCC(=O)N2.Cl. The summed E-state index contributed by atoms with van der Waals surface area (Å²) in [6, 6.07) is 5.39. The van der Waals surface area contributed by atoms with Gasteiger partial charge in [0.25, 0.3) is 11.8 Å². The van der Waals surface area contributed by atoms with Crippen molar-refractivity contribution in [1.82, 2.24) is 4.90 Å². The number of halogens is 1. The van der Waals surface area contributed by atoms with Crippen LogP contribution in [0.1, 0.15) is 23.7 Å². The normalized spacial score (nSPS) is 23.2. The molecule has 1 saturated heterocycles. The van der Waals surface area contributed by atoms with E-state index < -0.39 is 0 Å². The number of hydrogen-bond acceptors (Lipinski definition) is 4. The average molecular weight is 326 g/mol. The number of benzene rings is 1. The summed E-state index contributed by atoms with van der Waals surface area (Å²) in [7, 11) is 0. The van der Waals surface area contributed by atoms with Crippen LogP contribution >= 0.6 is 12.4 Å². The fourth-order valence-corrected chi connectivity index (χ4v) is 3.03. The van der Waals surface area contributed by atoms with E-state index in [-0.39, 0.29) is 36.9 Å². The van der Waals surface area contributed by atoms with E-state index >= 15 is 0 Å². The van der Waals surface area contributed by atoms with Gasteiger partial charge in [0, 0.05) is 12.6 Å². The van der Waals surface area contributed by atoms with E-state index in [0.29, 0.717) is 36.0 Å². The highest BCUT2D eigenvalue weighted by atomic mass is 35.5. The molecule has 1 aromatic rings. The van der Waals surface area contributed by atoms with E-state index in [9.17, 15) is 9.59 Å². The molecule has 0 aliphatic carbocycles. The summed E-state index contributed by atoms with van der Waals surface area (Å²) >= 11 is 0. The minimum Gasteiger partial charge on any atom is -0.481 e. The monoisotopic (exact) mass is 325 g/mol. The van der Waals surface area contributed by atoms with Crippen LogP contribution in [0.25, 0.3) is 0 Å². The van der Waals surface area contributed by atoms with Crippen LogP contribution in [-0.4, -0.2) is 42.5 Å². The number of nitrogens with one attached hydrogen (secondary N) is 1. The van der Waals surface area contributed by atoms with E-state index in [1.165, 1.54) is 0 Å². The number of rotatable bonds is 2. The van der Waals surface area contributed by atoms with Gasteiger partial charge >= 0.3 is 0 Å². The zero-order chi connectivity index (χ0) is 15.0. The first-order chi connectivity index (χ1) is 10.1. The molecule has 120 valence electrons. The molecule has 2 atom stereocenters. The summed E-state index contributed by atoms with van der Waals surface area (Å²) in [5.74, 6) is 0.547. The van der Waals surface area contributed by atoms with E-state index in [1.54, 1.807) is 18.2 Å². The number of fused-ring (bicyclic) bond motifs is 1. The number of anilines is 1. The minimum absolute atomic E-state index is 0. The van der Waals surface area contributed by atoms with Gasteiger partial charge in [-0.25, -0.2) is 0 Å². The van der Waals surface area contributed by atoms with Crippen LogP contribution in [0, 0.1) is 5.92 Å². The van der Waals surface area contributed by atoms with Gasteiger partial charge in [0.15, 0.2) is 12.4 Å². The van der Waals surface area contributed by atoms with Gasteiger partial charge in [-0.2, -0.15) is 0 Å². The Labute approximate surface area is 135 Å². The first-order valence-corrected chi connectivity index (χ1v) is 7.17. The molecule has 2 aliphatic heterocycles. The van der Waals surface area contributed by atoms with Crippen LogP contribution in [0.4, 0.5) is 5.69 Å². The number of likely N-dealkylation sites (tertiary alicyclic amines) is 1. The second kappa shape index (κ2) is 6.54. The Kier molecular flexibility index (Phi) is 4.93. The van der Waals surface area contributed by atoms with Crippen LogP contribution in [0.15, 0.2) is 18.2 Å². The first kappa shape index (κ1) is 16.6. The Bertz CT molecular complexity index is 593. The second-order valence-electron chi connectivity index (χ2n) is 5.66. The molecule has 2 unspecified atom stereocenters. The number of hydrogen-bond donors (Lipinski definition) is 2. The third-order valence-electron chi connectivity index (χ3n) is 4.12. The van der Waals surface area contributed by atoms with Gasteiger partial charge in [0.05, 0.1) is 11.3 Å². The molecule has 2 heterocycles. The van der Waals surface area contributed by atoms with Crippen LogP contribution in [-0.2, 0) is 4.79 Å². The lowest BCUT2D eigenvalue weighted by Crippen LogP contribution is -2.35. The summed E-state index contributed by atoms with van der Waals surface area (Å²) in [4.78, 5) is 26.0. The largest absolute Gasteiger partial charge is 0.481 e. The molecule has 0 radical (unpaired) electrons. The lowest BCUT2D eigenvalue weighted by molar-refractivity contribution is -0.118. The molecule has 3 N–H and O–H groups in total. The van der Waals surface area contributed by atoms with Gasteiger partial charge in [-0.1, -0.05) is 6.07 Å². The molecule has 2 amide bonds. The van der Waals surface area contributed by atoms with Crippen LogP contribution in [0.5, 0.6) is 5.75 Å². The lowest BCUT2D eigenvalue weighted by Gasteiger charge is -2.25. The number of carbonyl (C=O) groups is 2. The van der Waals surface area contributed by atoms with Crippen LogP contribution < -0.4 is 15.8 Å². The molecule has 1 fully saturated rings. The third kappa shape index (κ3) is 2.89. The first-order valence-electron chi connectivity index (χ1n) is 7.17. The van der Waals surface area contributed by atoms with Gasteiger partial charge in [-0.3, -0.25) is 9.59 Å². The molecule has 1 aromatic carbocycles. The number of ether oxygens (including phenoxy) is 1. The average Bonchev–Trinajstić information content (AvgIpc) is 2.86. The number of nitrogens with zero attached hydrogens (tertiary/aromatic N) is 1. The topological polar surface area (TPSA) is 84.7 Å². The van der Waals surface area contributed by atoms with Crippen molar-refractivity contribution in [2.45, 2.75) is 19.4 Å². The summed E-state index contributed by atoms with van der Waals surface area (Å²) in [6.45, 7) is 3.24. The molecule has 2 aliphatic rings. The summed E-state index contributed by atoms with van der Waals surface area (Å²) < 4.78 is 5.45. The third-order valence-corrected chi connectivity index (χ3v) is 4.12. The van der Waals surface area contributed by atoms with Crippen molar-refractivity contribution in [3.8, 4) is 5.75 Å². The number of nitrogens with two attached hydrogens (primary N) is 1. The van der Waals surface area contributed by atoms with Gasteiger partial charge in [-0.05, 0) is 37.9 Å². The molecule has 7 heteroatoms. The van der Waals surface area contributed by atoms with Crippen molar-refractivity contribution in [3.63, 3.8) is 0 Å². The molecule has 3 rings (SSSR count). The lowest BCUT2D eigenvalue weighted by atomic mass is 10.1. The Hall–Kier alpha value is -1.79. The molecule has 0 aromatic heterocycles. The Morgan fingerprint density at radius 1 is 1.50 bits per heavy atom. The zero-order valence-electron chi connectivity index (χ0n) is 12.4. The fraction of sp³-hybridized carbons (Fsp3) is 0.467.